The summed E-state index contributed by atoms with van der Waals surface area (Å²) in [5.74, 6) is -2.00. The third-order valence-corrected chi connectivity index (χ3v) is 4.34. The molecule has 1 heterocycles. The van der Waals surface area contributed by atoms with E-state index in [-0.39, 0.29) is 4.47 Å². The lowest BCUT2D eigenvalue weighted by atomic mass is 9.76. The van der Waals surface area contributed by atoms with Crippen LogP contribution >= 0.6 is 15.9 Å². The molecule has 1 fully saturated rings. The summed E-state index contributed by atoms with van der Waals surface area (Å²) in [5.41, 5.74) is -1.08. The maximum atomic E-state index is 14.0. The lowest BCUT2D eigenvalue weighted by molar-refractivity contribution is 0.0792. The maximum absolute atomic E-state index is 14.0. The number of Topliss-reactive ketones (excluding diaryl/α,β-unsaturated/α-hetero) is 1. The van der Waals surface area contributed by atoms with Gasteiger partial charge in [-0.05, 0) is 47.4 Å². The van der Waals surface area contributed by atoms with Crippen molar-refractivity contribution in [3.8, 4) is 0 Å². The number of nitrogens with one attached hydrogen (secondary N) is 1. The van der Waals surface area contributed by atoms with Crippen molar-refractivity contribution in [2.75, 3.05) is 13.1 Å². The van der Waals surface area contributed by atoms with Crippen LogP contribution in [0.5, 0.6) is 0 Å². The molecule has 1 N–H and O–H groups in total. The molecule has 0 saturated carbocycles. The Labute approximate surface area is 119 Å². The second-order valence-corrected chi connectivity index (χ2v) is 5.86. The van der Waals surface area contributed by atoms with Crippen LogP contribution in [0.3, 0.4) is 0 Å². The average molecular weight is 332 g/mol. The smallest absolute Gasteiger partial charge is 0.176 e. The summed E-state index contributed by atoms with van der Waals surface area (Å²) >= 11 is 3.00. The molecule has 19 heavy (non-hydrogen) atoms. The first-order chi connectivity index (χ1) is 9.02. The van der Waals surface area contributed by atoms with Crippen molar-refractivity contribution in [3.05, 3.63) is 33.8 Å². The molecule has 2 rings (SSSR count). The van der Waals surface area contributed by atoms with Crippen LogP contribution in [0.25, 0.3) is 0 Å². The van der Waals surface area contributed by atoms with Crippen molar-refractivity contribution in [2.45, 2.75) is 26.2 Å². The van der Waals surface area contributed by atoms with E-state index in [0.29, 0.717) is 25.9 Å². The Morgan fingerprint density at radius 3 is 2.79 bits per heavy atom. The van der Waals surface area contributed by atoms with Crippen LogP contribution in [0.2, 0.25) is 0 Å². The number of hydrogen-bond donors (Lipinski definition) is 1. The summed E-state index contributed by atoms with van der Waals surface area (Å²) in [6.45, 7) is 3.18. The van der Waals surface area contributed by atoms with Crippen LogP contribution in [0, 0.1) is 17.0 Å². The Hall–Kier alpha value is -0.810. The predicted octanol–water partition coefficient (Wildman–Crippen LogP) is 3.69. The van der Waals surface area contributed by atoms with Crippen molar-refractivity contribution in [2.24, 2.45) is 5.41 Å². The molecule has 0 amide bonds. The van der Waals surface area contributed by atoms with Gasteiger partial charge in [0.25, 0.3) is 0 Å². The van der Waals surface area contributed by atoms with Gasteiger partial charge in [-0.25, -0.2) is 8.78 Å². The van der Waals surface area contributed by atoms with E-state index in [1.54, 1.807) is 0 Å². The van der Waals surface area contributed by atoms with Gasteiger partial charge < -0.3 is 5.32 Å². The molecule has 1 atom stereocenters. The topological polar surface area (TPSA) is 29.1 Å². The molecule has 1 aromatic rings. The fourth-order valence-electron chi connectivity index (χ4n) is 2.74. The van der Waals surface area contributed by atoms with Gasteiger partial charge in [0.2, 0.25) is 0 Å². The van der Waals surface area contributed by atoms with Crippen LogP contribution in [-0.4, -0.2) is 18.9 Å². The lowest BCUT2D eigenvalue weighted by Crippen LogP contribution is -2.34. The largest absolute Gasteiger partial charge is 0.316 e. The maximum Gasteiger partial charge on any atom is 0.176 e. The zero-order chi connectivity index (χ0) is 14.0. The number of carbonyl (C=O) groups excluding carboxylic acids is 1. The molecule has 1 aliphatic rings. The summed E-state index contributed by atoms with van der Waals surface area (Å²) in [5, 5.41) is 3.12. The van der Waals surface area contributed by atoms with E-state index in [1.807, 2.05) is 6.92 Å². The van der Waals surface area contributed by atoms with Gasteiger partial charge in [-0.2, -0.15) is 0 Å². The monoisotopic (exact) mass is 331 g/mol. The molecule has 0 bridgehead atoms. The standard InChI is InChI=1S/C14H16BrF2NO/c1-2-5-14(6-7-18-8-14)13(19)11-10(16)4-3-9(15)12(11)17/h3-4,18H,2,5-8H2,1H3. The number of ketones is 1. The molecule has 0 aromatic heterocycles. The highest BCUT2D eigenvalue weighted by Gasteiger charge is 2.42. The molecule has 1 unspecified atom stereocenters. The molecule has 0 radical (unpaired) electrons. The Morgan fingerprint density at radius 1 is 1.47 bits per heavy atom. The number of hydrogen-bond acceptors (Lipinski definition) is 2. The van der Waals surface area contributed by atoms with E-state index in [9.17, 15) is 13.6 Å². The van der Waals surface area contributed by atoms with Gasteiger partial charge in [0.05, 0.1) is 10.0 Å². The lowest BCUT2D eigenvalue weighted by Gasteiger charge is -2.26. The van der Waals surface area contributed by atoms with E-state index in [1.165, 1.54) is 6.07 Å². The minimum Gasteiger partial charge on any atom is -0.316 e. The molecular formula is C14H16BrF2NO. The summed E-state index contributed by atoms with van der Waals surface area (Å²) in [7, 11) is 0. The number of carbonyl (C=O) groups is 1. The van der Waals surface area contributed by atoms with Gasteiger partial charge in [-0.15, -0.1) is 0 Å². The quantitative estimate of drug-likeness (QED) is 0.673. The zero-order valence-corrected chi connectivity index (χ0v) is 12.3. The van der Waals surface area contributed by atoms with Gasteiger partial charge in [-0.3, -0.25) is 4.79 Å². The van der Waals surface area contributed by atoms with Crippen LogP contribution < -0.4 is 5.32 Å². The third-order valence-electron chi connectivity index (χ3n) is 3.72. The molecule has 0 aliphatic carbocycles. The minimum atomic E-state index is -0.799. The second kappa shape index (κ2) is 5.67. The Kier molecular flexibility index (Phi) is 4.36. The van der Waals surface area contributed by atoms with Crippen LogP contribution in [0.4, 0.5) is 8.78 Å². The molecule has 0 spiro atoms. The van der Waals surface area contributed by atoms with E-state index in [2.05, 4.69) is 21.2 Å². The van der Waals surface area contributed by atoms with Crippen molar-refractivity contribution in [1.29, 1.82) is 0 Å². The van der Waals surface area contributed by atoms with Crippen molar-refractivity contribution in [1.82, 2.24) is 5.32 Å². The zero-order valence-electron chi connectivity index (χ0n) is 10.7. The van der Waals surface area contributed by atoms with Crippen LogP contribution in [-0.2, 0) is 0 Å². The number of benzene rings is 1. The van der Waals surface area contributed by atoms with Gasteiger partial charge in [0, 0.05) is 12.0 Å². The molecule has 2 nitrogen and oxygen atoms in total. The Morgan fingerprint density at radius 2 is 2.21 bits per heavy atom. The molecule has 5 heteroatoms. The highest BCUT2D eigenvalue weighted by atomic mass is 79.9. The fraction of sp³-hybridized carbons (Fsp3) is 0.500. The molecular weight excluding hydrogens is 316 g/mol. The minimum absolute atomic E-state index is 0.120. The third kappa shape index (κ3) is 2.58. The molecule has 1 aliphatic heterocycles. The fourth-order valence-corrected chi connectivity index (χ4v) is 3.07. The summed E-state index contributed by atoms with van der Waals surface area (Å²) in [4.78, 5) is 12.6. The first kappa shape index (κ1) is 14.6. The van der Waals surface area contributed by atoms with Crippen LogP contribution in [0.15, 0.2) is 16.6 Å². The summed E-state index contributed by atoms with van der Waals surface area (Å²) in [6.07, 6.45) is 2.08. The normalized spacial score (nSPS) is 22.7. The Balaban J connectivity index is 2.46. The van der Waals surface area contributed by atoms with Crippen molar-refractivity contribution >= 4 is 21.7 Å². The SMILES string of the molecule is CCCC1(C(=O)c2c(F)ccc(Br)c2F)CCNC1. The van der Waals surface area contributed by atoms with E-state index >= 15 is 0 Å². The van der Waals surface area contributed by atoms with Gasteiger partial charge in [-0.1, -0.05) is 13.3 Å². The van der Waals surface area contributed by atoms with Crippen LogP contribution in [0.1, 0.15) is 36.5 Å². The first-order valence-corrected chi connectivity index (χ1v) is 7.20. The second-order valence-electron chi connectivity index (χ2n) is 5.00. The van der Waals surface area contributed by atoms with Gasteiger partial charge in [0.1, 0.15) is 5.82 Å². The molecule has 104 valence electrons. The molecule has 1 saturated heterocycles. The van der Waals surface area contributed by atoms with Crippen molar-refractivity contribution < 1.29 is 13.6 Å². The van der Waals surface area contributed by atoms with Crippen molar-refractivity contribution in [3.63, 3.8) is 0 Å². The van der Waals surface area contributed by atoms with Gasteiger partial charge in [0.15, 0.2) is 11.6 Å². The van der Waals surface area contributed by atoms with Gasteiger partial charge >= 0.3 is 0 Å². The summed E-state index contributed by atoms with van der Waals surface area (Å²) in [6, 6.07) is 2.41. The summed E-state index contributed by atoms with van der Waals surface area (Å²) < 4.78 is 28.0. The van der Waals surface area contributed by atoms with E-state index in [0.717, 1.165) is 12.5 Å². The van der Waals surface area contributed by atoms with E-state index in [4.69, 9.17) is 0 Å². The van der Waals surface area contributed by atoms with E-state index < -0.39 is 28.4 Å². The number of halogens is 3. The Bertz CT molecular complexity index is 498. The average Bonchev–Trinajstić information content (AvgIpc) is 2.84. The first-order valence-electron chi connectivity index (χ1n) is 6.41. The highest BCUT2D eigenvalue weighted by molar-refractivity contribution is 9.10. The number of rotatable bonds is 4. The highest BCUT2D eigenvalue weighted by Crippen LogP contribution is 2.37. The molecule has 1 aromatic carbocycles. The predicted molar refractivity (Wildman–Crippen MR) is 73.2 cm³/mol.